The first-order valence-corrected chi connectivity index (χ1v) is 15.7. The number of nitrogens with zero attached hydrogens (tertiary/aromatic N) is 2. The number of aliphatic carboxylic acids is 1. The zero-order valence-electron chi connectivity index (χ0n) is 26.0. The summed E-state index contributed by atoms with van der Waals surface area (Å²) in [4.78, 5) is 38.9. The third kappa shape index (κ3) is 6.97. The zero-order chi connectivity index (χ0) is 32.7. The molecule has 0 aromatic heterocycles. The van der Waals surface area contributed by atoms with Gasteiger partial charge in [-0.1, -0.05) is 72.8 Å². The second kappa shape index (κ2) is 14.4. The molecule has 2 heterocycles. The van der Waals surface area contributed by atoms with Crippen molar-refractivity contribution in [1.82, 2.24) is 10.2 Å². The lowest BCUT2D eigenvalue weighted by Gasteiger charge is -2.43. The number of allylic oxidation sites excluding steroid dienone is 1. The maximum atomic E-state index is 13.3. The maximum absolute atomic E-state index is 13.3. The maximum Gasteiger partial charge on any atom is 0.336 e. The molecule has 1 saturated heterocycles. The summed E-state index contributed by atoms with van der Waals surface area (Å²) in [6, 6.07) is 27.1. The van der Waals surface area contributed by atoms with Crippen molar-refractivity contribution in [3.8, 4) is 0 Å². The van der Waals surface area contributed by atoms with Crippen LogP contribution in [0.4, 0.5) is 5.69 Å². The monoisotopic (exact) mass is 624 g/mol. The Balaban J connectivity index is 1.15. The Morgan fingerprint density at radius 1 is 0.957 bits per heavy atom. The standard InChI is InChI=1S/C36H40N4O6/c1-25-30(31(32(34(41)42)33(37)38-25)26-12-11-17-29(24-26)40(44)45)35(43)46-23-10-4-9-20-39-21-18-36(19-22-39,27-13-5-2-6-14-27)28-15-7-3-8-16-28/h2-3,5-8,11-17,24,31,38H,4,9-10,18-23,37H2,1H3,(H,41,42). The van der Waals surface area contributed by atoms with Gasteiger partial charge in [-0.25, -0.2) is 9.59 Å². The Kier molecular flexibility index (Phi) is 10.2. The molecular formula is C36H40N4O6. The number of likely N-dealkylation sites (tertiary alicyclic amines) is 1. The van der Waals surface area contributed by atoms with Crippen LogP contribution in [0.3, 0.4) is 0 Å². The van der Waals surface area contributed by atoms with E-state index >= 15 is 0 Å². The van der Waals surface area contributed by atoms with Gasteiger partial charge in [-0.05, 0) is 75.4 Å². The molecule has 3 aromatic rings. The van der Waals surface area contributed by atoms with Crippen LogP contribution in [0.1, 0.15) is 61.6 Å². The van der Waals surface area contributed by atoms with Crippen molar-refractivity contribution < 1.29 is 24.4 Å². The fourth-order valence-electron chi connectivity index (χ4n) is 6.79. The number of piperidine rings is 1. The number of dihydropyridines is 1. The largest absolute Gasteiger partial charge is 0.478 e. The van der Waals surface area contributed by atoms with Gasteiger partial charge in [0.15, 0.2) is 0 Å². The Bertz CT molecular complexity index is 1590. The Morgan fingerprint density at radius 2 is 1.59 bits per heavy atom. The van der Waals surface area contributed by atoms with E-state index in [1.54, 1.807) is 13.0 Å². The van der Waals surface area contributed by atoms with Crippen molar-refractivity contribution in [3.63, 3.8) is 0 Å². The molecule has 0 radical (unpaired) electrons. The molecule has 0 aliphatic carbocycles. The molecule has 2 aliphatic heterocycles. The summed E-state index contributed by atoms with van der Waals surface area (Å²) < 4.78 is 5.62. The predicted molar refractivity (Wildman–Crippen MR) is 175 cm³/mol. The van der Waals surface area contributed by atoms with Gasteiger partial charge in [0.25, 0.3) is 5.69 Å². The number of nitro groups is 1. The van der Waals surface area contributed by atoms with Crippen LogP contribution in [0, 0.1) is 10.1 Å². The lowest BCUT2D eigenvalue weighted by molar-refractivity contribution is -0.384. The highest BCUT2D eigenvalue weighted by Crippen LogP contribution is 2.42. The molecule has 1 fully saturated rings. The van der Waals surface area contributed by atoms with Crippen molar-refractivity contribution in [2.75, 3.05) is 26.2 Å². The van der Waals surface area contributed by atoms with Gasteiger partial charge in [-0.2, -0.15) is 0 Å². The van der Waals surface area contributed by atoms with E-state index in [0.717, 1.165) is 45.3 Å². The highest BCUT2D eigenvalue weighted by atomic mass is 16.6. The molecule has 46 heavy (non-hydrogen) atoms. The minimum Gasteiger partial charge on any atom is -0.478 e. The summed E-state index contributed by atoms with van der Waals surface area (Å²) >= 11 is 0. The van der Waals surface area contributed by atoms with Gasteiger partial charge in [-0.15, -0.1) is 0 Å². The molecule has 4 N–H and O–H groups in total. The number of carbonyl (C=O) groups excluding carboxylic acids is 1. The first-order chi connectivity index (χ1) is 22.2. The average Bonchev–Trinajstić information content (AvgIpc) is 3.06. The topological polar surface area (TPSA) is 148 Å². The number of carboxylic acid groups (broad SMARTS) is 1. The second-order valence-corrected chi connectivity index (χ2v) is 11.9. The molecule has 0 saturated carbocycles. The predicted octanol–water partition coefficient (Wildman–Crippen LogP) is 5.61. The quantitative estimate of drug-likeness (QED) is 0.101. The van der Waals surface area contributed by atoms with E-state index in [1.807, 2.05) is 0 Å². The highest BCUT2D eigenvalue weighted by molar-refractivity contribution is 5.99. The second-order valence-electron chi connectivity index (χ2n) is 11.9. The number of rotatable bonds is 12. The summed E-state index contributed by atoms with van der Waals surface area (Å²) in [5.41, 5.74) is 8.96. The number of carboxylic acids is 1. The Hall–Kier alpha value is -4.96. The third-order valence-electron chi connectivity index (χ3n) is 9.17. The molecule has 10 nitrogen and oxygen atoms in total. The molecule has 2 aliphatic rings. The summed E-state index contributed by atoms with van der Waals surface area (Å²) in [5.74, 6) is -3.26. The first kappa shape index (κ1) is 32.4. The zero-order valence-corrected chi connectivity index (χ0v) is 26.0. The number of carbonyl (C=O) groups is 2. The van der Waals surface area contributed by atoms with Crippen molar-refractivity contribution in [2.24, 2.45) is 5.73 Å². The van der Waals surface area contributed by atoms with Gasteiger partial charge >= 0.3 is 11.9 Å². The fourth-order valence-corrected chi connectivity index (χ4v) is 6.79. The number of ether oxygens (including phenoxy) is 1. The lowest BCUT2D eigenvalue weighted by atomic mass is 9.68. The van der Waals surface area contributed by atoms with E-state index < -0.39 is 22.8 Å². The van der Waals surface area contributed by atoms with Crippen molar-refractivity contribution >= 4 is 17.6 Å². The SMILES string of the molecule is CC1=C(C(=O)OCCCCCN2CCC(c3ccccc3)(c3ccccc3)CC2)C(c2cccc([N+](=O)[O-])c2)C(C(=O)O)=C(N)N1. The molecule has 0 spiro atoms. The first-order valence-electron chi connectivity index (χ1n) is 15.7. The molecule has 5 rings (SSSR count). The van der Waals surface area contributed by atoms with Crippen LogP contribution < -0.4 is 11.1 Å². The van der Waals surface area contributed by atoms with Gasteiger partial charge < -0.3 is 25.8 Å². The molecule has 1 atom stereocenters. The highest BCUT2D eigenvalue weighted by Gasteiger charge is 2.39. The van der Waals surface area contributed by atoms with Crippen LogP contribution in [-0.2, 0) is 19.7 Å². The van der Waals surface area contributed by atoms with E-state index in [9.17, 15) is 24.8 Å². The van der Waals surface area contributed by atoms with E-state index in [2.05, 4.69) is 70.9 Å². The average molecular weight is 625 g/mol. The summed E-state index contributed by atoms with van der Waals surface area (Å²) in [6.45, 7) is 4.74. The number of non-ortho nitro benzene ring substituents is 1. The lowest BCUT2D eigenvalue weighted by Crippen LogP contribution is -2.43. The Labute approximate surface area is 268 Å². The summed E-state index contributed by atoms with van der Waals surface area (Å²) in [7, 11) is 0. The number of unbranched alkanes of at least 4 members (excludes halogenated alkanes) is 2. The van der Waals surface area contributed by atoms with Crippen molar-refractivity contribution in [1.29, 1.82) is 0 Å². The number of nitrogens with one attached hydrogen (secondary N) is 1. The van der Waals surface area contributed by atoms with Crippen LogP contribution in [0.5, 0.6) is 0 Å². The minimum atomic E-state index is -1.33. The van der Waals surface area contributed by atoms with Crippen LogP contribution >= 0.6 is 0 Å². The number of nitro benzene ring substituents is 1. The fraction of sp³-hybridized carbons (Fsp3) is 0.333. The number of benzene rings is 3. The number of nitrogens with two attached hydrogens (primary N) is 1. The van der Waals surface area contributed by atoms with Gasteiger partial charge in [0.05, 0.1) is 28.6 Å². The summed E-state index contributed by atoms with van der Waals surface area (Å²) in [5, 5.41) is 24.1. The molecule has 0 amide bonds. The van der Waals surface area contributed by atoms with E-state index in [1.165, 1.54) is 29.3 Å². The molecule has 3 aromatic carbocycles. The smallest absolute Gasteiger partial charge is 0.336 e. The normalized spacial score (nSPS) is 18.2. The summed E-state index contributed by atoms with van der Waals surface area (Å²) in [6.07, 6.45) is 4.57. The number of hydrogen-bond donors (Lipinski definition) is 3. The van der Waals surface area contributed by atoms with Crippen LogP contribution in [0.25, 0.3) is 0 Å². The molecule has 1 unspecified atom stereocenters. The third-order valence-corrected chi connectivity index (χ3v) is 9.17. The van der Waals surface area contributed by atoms with Gasteiger partial charge in [0.2, 0.25) is 0 Å². The van der Waals surface area contributed by atoms with E-state index in [0.29, 0.717) is 12.1 Å². The molecule has 10 heteroatoms. The van der Waals surface area contributed by atoms with Crippen LogP contribution in [0.15, 0.2) is 108 Å². The number of esters is 1. The molecule has 0 bridgehead atoms. The van der Waals surface area contributed by atoms with Crippen LogP contribution in [-0.4, -0.2) is 53.1 Å². The van der Waals surface area contributed by atoms with Gasteiger partial charge in [0, 0.05) is 23.2 Å². The van der Waals surface area contributed by atoms with Crippen molar-refractivity contribution in [2.45, 2.75) is 50.4 Å². The van der Waals surface area contributed by atoms with E-state index in [-0.39, 0.29) is 40.2 Å². The minimum absolute atomic E-state index is 0.0108. The van der Waals surface area contributed by atoms with Crippen LogP contribution in [0.2, 0.25) is 0 Å². The van der Waals surface area contributed by atoms with E-state index in [4.69, 9.17) is 10.5 Å². The molecule has 240 valence electrons. The van der Waals surface area contributed by atoms with Gasteiger partial charge in [-0.3, -0.25) is 10.1 Å². The Morgan fingerprint density at radius 3 is 2.17 bits per heavy atom. The number of hydrogen-bond acceptors (Lipinski definition) is 8. The van der Waals surface area contributed by atoms with Crippen molar-refractivity contribution in [3.05, 3.63) is 134 Å². The van der Waals surface area contributed by atoms with Gasteiger partial charge in [0.1, 0.15) is 5.82 Å². The molecular weight excluding hydrogens is 584 g/mol.